The van der Waals surface area contributed by atoms with Gasteiger partial charge in [0.1, 0.15) is 5.75 Å². The van der Waals surface area contributed by atoms with Crippen LogP contribution in [0.4, 0.5) is 0 Å². The summed E-state index contributed by atoms with van der Waals surface area (Å²) in [5.74, 6) is -0.300. The van der Waals surface area contributed by atoms with Crippen LogP contribution in [0.5, 0.6) is 5.75 Å². The molecule has 1 amide bonds. The monoisotopic (exact) mass is 353 g/mol. The summed E-state index contributed by atoms with van der Waals surface area (Å²) in [5.41, 5.74) is 1.40. The van der Waals surface area contributed by atoms with Crippen LogP contribution in [0.2, 0.25) is 5.02 Å². The lowest BCUT2D eigenvalue weighted by Gasteiger charge is -2.17. The minimum atomic E-state index is -0.481. The van der Waals surface area contributed by atoms with E-state index in [-0.39, 0.29) is 17.5 Å². The molecule has 0 radical (unpaired) electrons. The Hall–Kier alpha value is -2.05. The number of hydrogen-bond donors (Lipinski definition) is 0. The molecule has 2 rings (SSSR count). The maximum atomic E-state index is 12.1. The molecule has 0 spiro atoms. The van der Waals surface area contributed by atoms with Gasteiger partial charge in [-0.1, -0.05) is 11.6 Å². The van der Waals surface area contributed by atoms with Crippen LogP contribution in [0.15, 0.2) is 35.0 Å². The van der Waals surface area contributed by atoms with E-state index < -0.39 is 5.97 Å². The highest BCUT2D eigenvalue weighted by Crippen LogP contribution is 2.25. The number of ether oxygens (including phenoxy) is 2. The number of rotatable bonds is 6. The van der Waals surface area contributed by atoms with Gasteiger partial charge in [-0.2, -0.15) is 11.3 Å². The summed E-state index contributed by atoms with van der Waals surface area (Å²) < 4.78 is 10.0. The van der Waals surface area contributed by atoms with E-state index in [4.69, 9.17) is 16.3 Å². The Kier molecular flexibility index (Phi) is 6.01. The van der Waals surface area contributed by atoms with Gasteiger partial charge >= 0.3 is 5.97 Å². The minimum Gasteiger partial charge on any atom is -0.482 e. The molecule has 0 saturated heterocycles. The SMILES string of the molecule is COC(=O)c1ccc(OCC(=O)N(C)Cc2ccsc2)c(Cl)c1. The van der Waals surface area contributed by atoms with E-state index >= 15 is 0 Å². The van der Waals surface area contributed by atoms with Crippen molar-refractivity contribution in [3.05, 3.63) is 51.2 Å². The topological polar surface area (TPSA) is 55.8 Å². The van der Waals surface area contributed by atoms with Crippen LogP contribution in [0.3, 0.4) is 0 Å². The number of thiophene rings is 1. The van der Waals surface area contributed by atoms with Crippen molar-refractivity contribution in [2.45, 2.75) is 6.54 Å². The summed E-state index contributed by atoms with van der Waals surface area (Å²) in [5, 5.41) is 4.21. The zero-order chi connectivity index (χ0) is 16.8. The first-order valence-electron chi connectivity index (χ1n) is 6.77. The number of methoxy groups -OCH3 is 1. The Bertz CT molecular complexity index is 687. The van der Waals surface area contributed by atoms with E-state index in [1.165, 1.54) is 19.2 Å². The predicted molar refractivity (Wildman–Crippen MR) is 89.1 cm³/mol. The van der Waals surface area contributed by atoms with Crippen LogP contribution in [-0.2, 0) is 16.1 Å². The Morgan fingerprint density at radius 2 is 2.09 bits per heavy atom. The van der Waals surface area contributed by atoms with Gasteiger partial charge in [0.05, 0.1) is 17.7 Å². The molecule has 2 aromatic rings. The van der Waals surface area contributed by atoms with Gasteiger partial charge in [0.15, 0.2) is 6.61 Å². The van der Waals surface area contributed by atoms with E-state index in [9.17, 15) is 9.59 Å². The molecule has 0 aliphatic heterocycles. The average Bonchev–Trinajstić information content (AvgIpc) is 3.05. The molecular weight excluding hydrogens is 338 g/mol. The fraction of sp³-hybridized carbons (Fsp3) is 0.250. The van der Waals surface area contributed by atoms with Crippen LogP contribution in [0.1, 0.15) is 15.9 Å². The normalized spacial score (nSPS) is 10.2. The van der Waals surface area contributed by atoms with E-state index in [0.29, 0.717) is 17.9 Å². The fourth-order valence-corrected chi connectivity index (χ4v) is 2.75. The van der Waals surface area contributed by atoms with Crippen molar-refractivity contribution in [1.82, 2.24) is 4.90 Å². The molecule has 1 aromatic heterocycles. The number of nitrogens with zero attached hydrogens (tertiary/aromatic N) is 1. The molecule has 23 heavy (non-hydrogen) atoms. The van der Waals surface area contributed by atoms with Crippen molar-refractivity contribution >= 4 is 34.8 Å². The lowest BCUT2D eigenvalue weighted by Crippen LogP contribution is -2.30. The van der Waals surface area contributed by atoms with E-state index in [1.54, 1.807) is 29.4 Å². The highest BCUT2D eigenvalue weighted by molar-refractivity contribution is 7.07. The summed E-state index contributed by atoms with van der Waals surface area (Å²) in [4.78, 5) is 25.0. The van der Waals surface area contributed by atoms with E-state index in [2.05, 4.69) is 4.74 Å². The molecule has 0 N–H and O–H groups in total. The molecule has 0 aliphatic rings. The van der Waals surface area contributed by atoms with Crippen molar-refractivity contribution < 1.29 is 19.1 Å². The maximum Gasteiger partial charge on any atom is 0.337 e. The number of esters is 1. The zero-order valence-electron chi connectivity index (χ0n) is 12.7. The zero-order valence-corrected chi connectivity index (χ0v) is 14.3. The van der Waals surface area contributed by atoms with Crippen molar-refractivity contribution in [3.8, 4) is 5.75 Å². The lowest BCUT2D eigenvalue weighted by molar-refractivity contribution is -0.132. The Balaban J connectivity index is 1.92. The number of halogens is 1. The molecule has 5 nitrogen and oxygen atoms in total. The predicted octanol–water partition coefficient (Wildman–Crippen LogP) is 3.23. The van der Waals surface area contributed by atoms with Crippen LogP contribution in [0.25, 0.3) is 0 Å². The molecule has 0 saturated carbocycles. The second-order valence-electron chi connectivity index (χ2n) is 4.81. The molecule has 0 unspecified atom stereocenters. The van der Waals surface area contributed by atoms with Crippen molar-refractivity contribution in [2.75, 3.05) is 20.8 Å². The molecule has 0 aliphatic carbocycles. The molecule has 0 bridgehead atoms. The van der Waals surface area contributed by atoms with Gasteiger partial charge in [0.2, 0.25) is 0 Å². The van der Waals surface area contributed by atoms with Crippen molar-refractivity contribution in [1.29, 1.82) is 0 Å². The largest absolute Gasteiger partial charge is 0.482 e. The van der Waals surface area contributed by atoms with Crippen LogP contribution < -0.4 is 4.74 Å². The van der Waals surface area contributed by atoms with Gasteiger partial charge in [-0.05, 0) is 40.6 Å². The third-order valence-electron chi connectivity index (χ3n) is 3.13. The summed E-state index contributed by atoms with van der Waals surface area (Å²) >= 11 is 7.64. The third kappa shape index (κ3) is 4.71. The summed E-state index contributed by atoms with van der Waals surface area (Å²) in [6.07, 6.45) is 0. The highest BCUT2D eigenvalue weighted by Gasteiger charge is 2.13. The molecular formula is C16H16ClNO4S. The number of carbonyl (C=O) groups is 2. The lowest BCUT2D eigenvalue weighted by atomic mass is 10.2. The van der Waals surface area contributed by atoms with E-state index in [0.717, 1.165) is 5.56 Å². The van der Waals surface area contributed by atoms with Crippen molar-refractivity contribution in [2.24, 2.45) is 0 Å². The van der Waals surface area contributed by atoms with Crippen LogP contribution in [-0.4, -0.2) is 37.5 Å². The Morgan fingerprint density at radius 1 is 1.30 bits per heavy atom. The average molecular weight is 354 g/mol. The molecule has 7 heteroatoms. The first-order chi connectivity index (χ1) is 11.0. The second kappa shape index (κ2) is 7.99. The molecule has 0 atom stereocenters. The third-order valence-corrected chi connectivity index (χ3v) is 4.16. The van der Waals surface area contributed by atoms with Gasteiger partial charge in [-0.15, -0.1) is 0 Å². The Labute approximate surface area is 143 Å². The number of likely N-dealkylation sites (N-methyl/N-ethyl adjacent to an activating group) is 1. The first-order valence-corrected chi connectivity index (χ1v) is 8.09. The van der Waals surface area contributed by atoms with Gasteiger partial charge in [-0.3, -0.25) is 4.79 Å². The number of hydrogen-bond acceptors (Lipinski definition) is 5. The fourth-order valence-electron chi connectivity index (χ4n) is 1.86. The number of amides is 1. The molecule has 1 heterocycles. The second-order valence-corrected chi connectivity index (χ2v) is 5.99. The van der Waals surface area contributed by atoms with Crippen LogP contribution >= 0.6 is 22.9 Å². The molecule has 0 fully saturated rings. The first kappa shape index (κ1) is 17.3. The smallest absolute Gasteiger partial charge is 0.337 e. The highest BCUT2D eigenvalue weighted by atomic mass is 35.5. The van der Waals surface area contributed by atoms with E-state index in [1.807, 2.05) is 16.8 Å². The van der Waals surface area contributed by atoms with Gasteiger partial charge < -0.3 is 14.4 Å². The summed E-state index contributed by atoms with van der Waals surface area (Å²) in [6.45, 7) is 0.401. The van der Waals surface area contributed by atoms with Crippen molar-refractivity contribution in [3.63, 3.8) is 0 Å². The quantitative estimate of drug-likeness (QED) is 0.748. The number of carbonyl (C=O) groups excluding carboxylic acids is 2. The Morgan fingerprint density at radius 3 is 2.70 bits per heavy atom. The van der Waals surface area contributed by atoms with Gasteiger partial charge in [-0.25, -0.2) is 4.79 Å². The molecule has 122 valence electrons. The number of benzene rings is 1. The minimum absolute atomic E-state index is 0.127. The van der Waals surface area contributed by atoms with Gasteiger partial charge in [0, 0.05) is 13.6 Å². The van der Waals surface area contributed by atoms with Crippen LogP contribution in [0, 0.1) is 0 Å². The van der Waals surface area contributed by atoms with Gasteiger partial charge in [0.25, 0.3) is 5.91 Å². The maximum absolute atomic E-state index is 12.1. The summed E-state index contributed by atoms with van der Waals surface area (Å²) in [7, 11) is 3.01. The standard InChI is InChI=1S/C16H16ClNO4S/c1-18(8-11-5-6-23-10-11)15(19)9-22-14-4-3-12(7-13(14)17)16(20)21-2/h3-7,10H,8-9H2,1-2H3. The molecule has 1 aromatic carbocycles. The summed E-state index contributed by atoms with van der Waals surface area (Å²) in [6, 6.07) is 6.49.